The van der Waals surface area contributed by atoms with Gasteiger partial charge in [0, 0.05) is 60.2 Å². The van der Waals surface area contributed by atoms with Crippen LogP contribution in [0.25, 0.3) is 22.4 Å². The van der Waals surface area contributed by atoms with Crippen molar-refractivity contribution in [3.05, 3.63) is 53.9 Å². The number of hydrogen-bond donors (Lipinski definition) is 2. The Balaban J connectivity index is 1.44. The second kappa shape index (κ2) is 8.03. The quantitative estimate of drug-likeness (QED) is 0.600. The molecule has 8 nitrogen and oxygen atoms in total. The Labute approximate surface area is 192 Å². The highest BCUT2D eigenvalue weighted by atomic mass is 16.2. The van der Waals surface area contributed by atoms with Crippen molar-refractivity contribution in [2.75, 3.05) is 25.4 Å². The average molecular weight is 445 g/mol. The number of nitrogen functional groups attached to an aromatic ring is 1. The molecule has 2 aromatic heterocycles. The molecular formula is C25H28N6O2. The van der Waals surface area contributed by atoms with Gasteiger partial charge in [-0.2, -0.15) is 5.10 Å². The molecule has 8 heteroatoms. The maximum atomic E-state index is 12.3. The lowest BCUT2D eigenvalue weighted by atomic mass is 9.82. The molecule has 2 aliphatic heterocycles. The molecule has 1 atom stereocenters. The number of hydrogen-bond acceptors (Lipinski definition) is 5. The number of benzene rings is 1. The number of carbonyl (C=O) groups is 2. The highest BCUT2D eigenvalue weighted by molar-refractivity contribution is 5.94. The second-order valence-corrected chi connectivity index (χ2v) is 8.97. The molecule has 0 bridgehead atoms. The third-order valence-corrected chi connectivity index (χ3v) is 6.91. The minimum atomic E-state index is -0.0388. The van der Waals surface area contributed by atoms with E-state index in [9.17, 15) is 9.59 Å². The monoisotopic (exact) mass is 444 g/mol. The van der Waals surface area contributed by atoms with Crippen molar-refractivity contribution in [2.45, 2.75) is 38.6 Å². The van der Waals surface area contributed by atoms with E-state index in [2.05, 4.69) is 21.0 Å². The SMILES string of the molecule is CCNC(=O)N1CC[C@@]2(CCn3nc(-c4cnc(N)c(-c5ccc(C(C)=O)cc5)c4)cc32)C1. The van der Waals surface area contributed by atoms with E-state index in [0.29, 0.717) is 17.9 Å². The highest BCUT2D eigenvalue weighted by Crippen LogP contribution is 2.44. The van der Waals surface area contributed by atoms with Gasteiger partial charge in [-0.05, 0) is 44.4 Å². The maximum absolute atomic E-state index is 12.3. The zero-order valence-electron chi connectivity index (χ0n) is 19.0. The summed E-state index contributed by atoms with van der Waals surface area (Å²) in [6.07, 6.45) is 3.70. The fourth-order valence-electron chi connectivity index (χ4n) is 5.06. The van der Waals surface area contributed by atoms with Crippen molar-refractivity contribution >= 4 is 17.6 Å². The number of rotatable bonds is 4. The van der Waals surface area contributed by atoms with Gasteiger partial charge in [0.25, 0.3) is 0 Å². The van der Waals surface area contributed by atoms with Crippen molar-refractivity contribution in [3.63, 3.8) is 0 Å². The number of aryl methyl sites for hydroxylation is 1. The van der Waals surface area contributed by atoms with E-state index in [4.69, 9.17) is 10.8 Å². The van der Waals surface area contributed by atoms with E-state index in [1.165, 1.54) is 5.69 Å². The molecule has 1 spiro atoms. The van der Waals surface area contributed by atoms with Gasteiger partial charge in [0.05, 0.1) is 5.69 Å². The number of nitrogens with zero attached hydrogens (tertiary/aromatic N) is 4. The third-order valence-electron chi connectivity index (χ3n) is 6.91. The standard InChI is InChI=1S/C25H28N6O2/c1-3-27-24(33)30-10-8-25(15-30)9-11-31-22(25)13-21(29-31)19-12-20(23(26)28-14-19)18-6-4-17(5-7-18)16(2)32/h4-7,12-14H,3,8-11,15H2,1-2H3,(H2,26,28)(H,27,33)/t25-/m1/s1. The molecule has 1 fully saturated rings. The summed E-state index contributed by atoms with van der Waals surface area (Å²) in [6, 6.07) is 11.6. The molecule has 0 radical (unpaired) electrons. The zero-order chi connectivity index (χ0) is 23.2. The molecule has 3 N–H and O–H groups in total. The van der Waals surface area contributed by atoms with Crippen molar-refractivity contribution < 1.29 is 9.59 Å². The molecule has 2 aliphatic rings. The van der Waals surface area contributed by atoms with E-state index >= 15 is 0 Å². The van der Waals surface area contributed by atoms with Crippen LogP contribution < -0.4 is 11.1 Å². The number of fused-ring (bicyclic) bond motifs is 2. The second-order valence-electron chi connectivity index (χ2n) is 8.97. The van der Waals surface area contributed by atoms with Gasteiger partial charge in [0.2, 0.25) is 0 Å². The topological polar surface area (TPSA) is 106 Å². The highest BCUT2D eigenvalue weighted by Gasteiger charge is 2.46. The number of amides is 2. The van der Waals surface area contributed by atoms with Crippen molar-refractivity contribution in [1.29, 1.82) is 0 Å². The first-order valence-corrected chi connectivity index (χ1v) is 11.4. The van der Waals surface area contributed by atoms with E-state index < -0.39 is 0 Å². The van der Waals surface area contributed by atoms with Gasteiger partial charge >= 0.3 is 6.03 Å². The first-order valence-electron chi connectivity index (χ1n) is 11.4. The first-order chi connectivity index (χ1) is 15.9. The minimum Gasteiger partial charge on any atom is -0.383 e. The Morgan fingerprint density at radius 3 is 2.61 bits per heavy atom. The van der Waals surface area contributed by atoms with Crippen molar-refractivity contribution in [2.24, 2.45) is 0 Å². The fourth-order valence-corrected chi connectivity index (χ4v) is 5.06. The van der Waals surface area contributed by atoms with Crippen LogP contribution in [0.2, 0.25) is 0 Å². The van der Waals surface area contributed by atoms with Crippen LogP contribution in [-0.4, -0.2) is 51.1 Å². The molecule has 33 heavy (non-hydrogen) atoms. The predicted molar refractivity (Wildman–Crippen MR) is 127 cm³/mol. The summed E-state index contributed by atoms with van der Waals surface area (Å²) >= 11 is 0. The normalized spacial score (nSPS) is 19.2. The van der Waals surface area contributed by atoms with Crippen LogP contribution in [0.1, 0.15) is 42.7 Å². The lowest BCUT2D eigenvalue weighted by Crippen LogP contribution is -2.40. The van der Waals surface area contributed by atoms with Gasteiger partial charge in [0.15, 0.2) is 5.78 Å². The van der Waals surface area contributed by atoms with Crippen molar-refractivity contribution in [3.8, 4) is 22.4 Å². The molecule has 0 unspecified atom stereocenters. The Morgan fingerprint density at radius 1 is 1.12 bits per heavy atom. The van der Waals surface area contributed by atoms with Crippen LogP contribution in [0.4, 0.5) is 10.6 Å². The molecule has 3 aromatic rings. The fraction of sp³-hybridized carbons (Fsp3) is 0.360. The number of pyridine rings is 1. The predicted octanol–water partition coefficient (Wildman–Crippen LogP) is 3.47. The summed E-state index contributed by atoms with van der Waals surface area (Å²) in [4.78, 5) is 30.3. The van der Waals surface area contributed by atoms with E-state index in [1.54, 1.807) is 25.3 Å². The summed E-state index contributed by atoms with van der Waals surface area (Å²) in [7, 11) is 0. The number of nitrogens with one attached hydrogen (secondary N) is 1. The molecule has 2 amide bonds. The van der Waals surface area contributed by atoms with Crippen LogP contribution >= 0.6 is 0 Å². The van der Waals surface area contributed by atoms with Crippen LogP contribution in [0, 0.1) is 0 Å². The Hall–Kier alpha value is -3.68. The molecule has 1 saturated heterocycles. The molecular weight excluding hydrogens is 416 g/mol. The van der Waals surface area contributed by atoms with Gasteiger partial charge in [-0.1, -0.05) is 24.3 Å². The maximum Gasteiger partial charge on any atom is 0.317 e. The van der Waals surface area contributed by atoms with Crippen LogP contribution in [0.15, 0.2) is 42.6 Å². The molecule has 4 heterocycles. The van der Waals surface area contributed by atoms with Gasteiger partial charge < -0.3 is 16.0 Å². The van der Waals surface area contributed by atoms with Crippen LogP contribution in [0.5, 0.6) is 0 Å². The molecule has 170 valence electrons. The third kappa shape index (κ3) is 3.65. The summed E-state index contributed by atoms with van der Waals surface area (Å²) in [5.41, 5.74) is 11.5. The van der Waals surface area contributed by atoms with E-state index in [1.807, 2.05) is 30.0 Å². The summed E-state index contributed by atoms with van der Waals surface area (Å²) < 4.78 is 2.08. The van der Waals surface area contributed by atoms with Gasteiger partial charge in [0.1, 0.15) is 5.82 Å². The van der Waals surface area contributed by atoms with Crippen LogP contribution in [-0.2, 0) is 12.0 Å². The lowest BCUT2D eigenvalue weighted by Gasteiger charge is -2.23. The molecule has 5 rings (SSSR count). The number of carbonyl (C=O) groups excluding carboxylic acids is 2. The number of ketones is 1. The average Bonchev–Trinajstić information content (AvgIpc) is 3.51. The summed E-state index contributed by atoms with van der Waals surface area (Å²) in [6.45, 7) is 6.45. The zero-order valence-corrected chi connectivity index (χ0v) is 19.0. The van der Waals surface area contributed by atoms with E-state index in [0.717, 1.165) is 54.9 Å². The lowest BCUT2D eigenvalue weighted by molar-refractivity contribution is 0.101. The number of urea groups is 1. The smallest absolute Gasteiger partial charge is 0.317 e. The number of anilines is 1. The summed E-state index contributed by atoms with van der Waals surface area (Å²) in [5, 5.41) is 7.77. The Bertz CT molecular complexity index is 1230. The Morgan fingerprint density at radius 2 is 1.88 bits per heavy atom. The summed E-state index contributed by atoms with van der Waals surface area (Å²) in [5.74, 6) is 0.464. The van der Waals surface area contributed by atoms with Gasteiger partial charge in [-0.15, -0.1) is 0 Å². The molecule has 0 aliphatic carbocycles. The van der Waals surface area contributed by atoms with Crippen molar-refractivity contribution in [1.82, 2.24) is 25.0 Å². The molecule has 0 saturated carbocycles. The minimum absolute atomic E-state index is 0.00994. The number of nitrogens with two attached hydrogens (primary N) is 1. The van der Waals surface area contributed by atoms with Gasteiger partial charge in [-0.25, -0.2) is 9.78 Å². The van der Waals surface area contributed by atoms with Gasteiger partial charge in [-0.3, -0.25) is 9.48 Å². The van der Waals surface area contributed by atoms with E-state index in [-0.39, 0.29) is 17.2 Å². The first kappa shape index (κ1) is 21.2. The number of Topliss-reactive ketones (excluding diaryl/α,β-unsaturated/α-hetero) is 1. The number of likely N-dealkylation sites (tertiary alicyclic amines) is 1. The Kier molecular flexibility index (Phi) is 5.15. The number of aromatic nitrogens is 3. The van der Waals surface area contributed by atoms with Crippen LogP contribution in [0.3, 0.4) is 0 Å². The molecule has 1 aromatic carbocycles. The largest absolute Gasteiger partial charge is 0.383 e.